The third-order valence-corrected chi connectivity index (χ3v) is 4.58. The van der Waals surface area contributed by atoms with E-state index in [-0.39, 0.29) is 0 Å². The lowest BCUT2D eigenvalue weighted by molar-refractivity contribution is 0.387. The summed E-state index contributed by atoms with van der Waals surface area (Å²) < 4.78 is 0. The third-order valence-electron chi connectivity index (χ3n) is 4.58. The molecule has 4 heteroatoms. The molecule has 1 aliphatic carbocycles. The predicted molar refractivity (Wildman–Crippen MR) is 80.1 cm³/mol. The molecule has 1 aromatic heterocycles. The Morgan fingerprint density at radius 3 is 2.85 bits per heavy atom. The van der Waals surface area contributed by atoms with Crippen LogP contribution in [0.15, 0.2) is 36.7 Å². The number of piperidine rings is 1. The molecule has 0 unspecified atom stereocenters. The molecule has 2 aromatic rings. The van der Waals surface area contributed by atoms with Crippen molar-refractivity contribution in [2.24, 2.45) is 0 Å². The summed E-state index contributed by atoms with van der Waals surface area (Å²) in [5.74, 6) is 2.56. The van der Waals surface area contributed by atoms with Crippen molar-refractivity contribution in [1.29, 1.82) is 0 Å². The summed E-state index contributed by atoms with van der Waals surface area (Å²) in [6.07, 6.45) is 4.16. The molecule has 1 N–H and O–H groups in total. The first kappa shape index (κ1) is 11.7. The van der Waals surface area contributed by atoms with Crippen LogP contribution in [-0.4, -0.2) is 23.6 Å². The lowest BCUT2D eigenvalue weighted by Crippen LogP contribution is -2.42. The number of nitrogens with zero attached hydrogens (tertiary/aromatic N) is 3. The van der Waals surface area contributed by atoms with Gasteiger partial charge in [-0.1, -0.05) is 24.3 Å². The molecule has 102 valence electrons. The van der Waals surface area contributed by atoms with Gasteiger partial charge in [-0.15, -0.1) is 0 Å². The molecule has 0 amide bonds. The molecule has 2 aliphatic heterocycles. The Kier molecular flexibility index (Phi) is 2.62. The minimum atomic E-state index is 0.468. The first-order valence-corrected chi connectivity index (χ1v) is 7.22. The maximum atomic E-state index is 4.48. The van der Waals surface area contributed by atoms with E-state index in [9.17, 15) is 0 Å². The van der Waals surface area contributed by atoms with Crippen molar-refractivity contribution >= 4 is 11.6 Å². The van der Waals surface area contributed by atoms with Crippen LogP contribution in [0.25, 0.3) is 0 Å². The van der Waals surface area contributed by atoms with Gasteiger partial charge in [0.25, 0.3) is 0 Å². The average Bonchev–Trinajstić information content (AvgIpc) is 2.55. The van der Waals surface area contributed by atoms with Crippen LogP contribution in [0, 0.1) is 0 Å². The fraction of sp³-hybridized carbons (Fsp3) is 0.375. The van der Waals surface area contributed by atoms with Gasteiger partial charge in [-0.2, -0.15) is 0 Å². The van der Waals surface area contributed by atoms with Gasteiger partial charge in [0.05, 0.1) is 6.04 Å². The smallest absolute Gasteiger partial charge is 0.134 e. The van der Waals surface area contributed by atoms with Crippen molar-refractivity contribution < 1.29 is 0 Å². The summed E-state index contributed by atoms with van der Waals surface area (Å²) in [5.41, 5.74) is 3.03. The number of aromatic nitrogens is 2. The van der Waals surface area contributed by atoms with Crippen molar-refractivity contribution in [2.45, 2.75) is 24.8 Å². The molecule has 1 aromatic carbocycles. The van der Waals surface area contributed by atoms with Crippen LogP contribution < -0.4 is 10.2 Å². The van der Waals surface area contributed by atoms with E-state index in [4.69, 9.17) is 0 Å². The van der Waals surface area contributed by atoms with E-state index in [1.54, 1.807) is 11.9 Å². The van der Waals surface area contributed by atoms with Gasteiger partial charge in [0, 0.05) is 25.6 Å². The number of nitrogens with one attached hydrogen (secondary N) is 1. The summed E-state index contributed by atoms with van der Waals surface area (Å²) in [4.78, 5) is 11.1. The Bertz CT molecular complexity index is 640. The number of anilines is 2. The second-order valence-corrected chi connectivity index (χ2v) is 5.58. The summed E-state index contributed by atoms with van der Waals surface area (Å²) >= 11 is 0. The zero-order valence-electron chi connectivity index (χ0n) is 11.6. The van der Waals surface area contributed by atoms with Crippen LogP contribution in [0.3, 0.4) is 0 Å². The molecule has 2 bridgehead atoms. The standard InChI is InChI=1S/C16H18N4/c1-17-15-8-16(19-10-18-15)20-9-11-6-7-14(20)13-5-3-2-4-12(11)13/h2-5,8,10-11,14H,6-7,9H2,1H3,(H,17,18,19)/t11-,14+/m1/s1. The Balaban J connectivity index is 1.75. The zero-order valence-corrected chi connectivity index (χ0v) is 11.6. The van der Waals surface area contributed by atoms with Crippen molar-refractivity contribution in [3.8, 4) is 0 Å². The molecule has 3 heterocycles. The molecular weight excluding hydrogens is 248 g/mol. The molecular formula is C16H18N4. The van der Waals surface area contributed by atoms with E-state index < -0.39 is 0 Å². The van der Waals surface area contributed by atoms with E-state index in [0.717, 1.165) is 18.2 Å². The van der Waals surface area contributed by atoms with E-state index in [0.29, 0.717) is 12.0 Å². The maximum absolute atomic E-state index is 4.48. The normalized spacial score (nSPS) is 23.6. The van der Waals surface area contributed by atoms with Crippen LogP contribution in [0.1, 0.15) is 35.9 Å². The molecule has 1 saturated heterocycles. The van der Waals surface area contributed by atoms with Crippen LogP contribution in [0.5, 0.6) is 0 Å². The van der Waals surface area contributed by atoms with Gasteiger partial charge in [0.1, 0.15) is 18.0 Å². The van der Waals surface area contributed by atoms with Gasteiger partial charge in [0.15, 0.2) is 0 Å². The minimum absolute atomic E-state index is 0.468. The first-order chi connectivity index (χ1) is 9.86. The van der Waals surface area contributed by atoms with Crippen molar-refractivity contribution in [1.82, 2.24) is 9.97 Å². The van der Waals surface area contributed by atoms with E-state index in [1.807, 2.05) is 13.1 Å². The van der Waals surface area contributed by atoms with E-state index in [2.05, 4.69) is 44.5 Å². The van der Waals surface area contributed by atoms with Gasteiger partial charge >= 0.3 is 0 Å². The first-order valence-electron chi connectivity index (χ1n) is 7.22. The molecule has 2 atom stereocenters. The summed E-state index contributed by atoms with van der Waals surface area (Å²) in [6.45, 7) is 1.07. The van der Waals surface area contributed by atoms with E-state index >= 15 is 0 Å². The van der Waals surface area contributed by atoms with Gasteiger partial charge in [-0.25, -0.2) is 9.97 Å². The Morgan fingerprint density at radius 2 is 2.00 bits per heavy atom. The molecule has 0 radical (unpaired) electrons. The molecule has 5 rings (SSSR count). The highest BCUT2D eigenvalue weighted by Crippen LogP contribution is 2.47. The number of benzene rings is 1. The highest BCUT2D eigenvalue weighted by Gasteiger charge is 2.38. The van der Waals surface area contributed by atoms with Crippen LogP contribution >= 0.6 is 0 Å². The molecule has 0 saturated carbocycles. The molecule has 1 fully saturated rings. The highest BCUT2D eigenvalue weighted by molar-refractivity contribution is 5.54. The topological polar surface area (TPSA) is 41.0 Å². The summed E-state index contributed by atoms with van der Waals surface area (Å²) in [6, 6.07) is 11.4. The number of fused-ring (bicyclic) bond motifs is 2. The van der Waals surface area contributed by atoms with Gasteiger partial charge in [-0.05, 0) is 24.0 Å². The van der Waals surface area contributed by atoms with E-state index in [1.165, 1.54) is 18.4 Å². The van der Waals surface area contributed by atoms with Gasteiger partial charge in [0.2, 0.25) is 0 Å². The predicted octanol–water partition coefficient (Wildman–Crippen LogP) is 2.96. The molecule has 0 spiro atoms. The van der Waals surface area contributed by atoms with Crippen molar-refractivity contribution in [3.05, 3.63) is 47.8 Å². The number of hydrogen-bond acceptors (Lipinski definition) is 4. The fourth-order valence-electron chi connectivity index (χ4n) is 3.63. The van der Waals surface area contributed by atoms with Crippen molar-refractivity contribution in [3.63, 3.8) is 0 Å². The Hall–Kier alpha value is -2.10. The average molecular weight is 266 g/mol. The second kappa shape index (κ2) is 4.47. The van der Waals surface area contributed by atoms with Crippen LogP contribution in [0.4, 0.5) is 11.6 Å². The van der Waals surface area contributed by atoms with Crippen LogP contribution in [0.2, 0.25) is 0 Å². The molecule has 20 heavy (non-hydrogen) atoms. The monoisotopic (exact) mass is 266 g/mol. The van der Waals surface area contributed by atoms with Crippen LogP contribution in [-0.2, 0) is 0 Å². The largest absolute Gasteiger partial charge is 0.373 e. The fourth-order valence-corrected chi connectivity index (χ4v) is 3.63. The van der Waals surface area contributed by atoms with Crippen molar-refractivity contribution in [2.75, 3.05) is 23.8 Å². The summed E-state index contributed by atoms with van der Waals surface area (Å²) in [7, 11) is 1.89. The number of hydrogen-bond donors (Lipinski definition) is 1. The highest BCUT2D eigenvalue weighted by atomic mass is 15.2. The lowest BCUT2D eigenvalue weighted by atomic mass is 9.75. The molecule has 4 nitrogen and oxygen atoms in total. The summed E-state index contributed by atoms with van der Waals surface area (Å²) in [5, 5.41) is 3.09. The Labute approximate surface area is 118 Å². The SMILES string of the molecule is CNc1cc(N2C[C@H]3CC[C@H]2c2ccccc23)ncn1. The third kappa shape index (κ3) is 1.68. The zero-order chi connectivity index (χ0) is 13.5. The maximum Gasteiger partial charge on any atom is 0.134 e. The lowest BCUT2D eigenvalue weighted by Gasteiger charge is -2.47. The molecule has 3 aliphatic rings. The minimum Gasteiger partial charge on any atom is -0.373 e. The second-order valence-electron chi connectivity index (χ2n) is 5.58. The Morgan fingerprint density at radius 1 is 1.15 bits per heavy atom. The number of rotatable bonds is 2. The van der Waals surface area contributed by atoms with Gasteiger partial charge < -0.3 is 10.2 Å². The van der Waals surface area contributed by atoms with Gasteiger partial charge in [-0.3, -0.25) is 0 Å². The quantitative estimate of drug-likeness (QED) is 0.907.